The van der Waals surface area contributed by atoms with E-state index in [0.717, 1.165) is 0 Å². The van der Waals surface area contributed by atoms with Crippen molar-refractivity contribution >= 4 is 27.6 Å². The Morgan fingerprint density at radius 3 is 2.19 bits per heavy atom. The first-order valence-corrected chi connectivity index (χ1v) is 6.91. The zero-order valence-electron chi connectivity index (χ0n) is 10.9. The highest BCUT2D eigenvalue weighted by Gasteiger charge is 2.51. The van der Waals surface area contributed by atoms with Crippen molar-refractivity contribution in [3.05, 3.63) is 35.9 Å². The third-order valence-corrected chi connectivity index (χ3v) is 3.48. The van der Waals surface area contributed by atoms with E-state index in [2.05, 4.69) is 15.9 Å². The van der Waals surface area contributed by atoms with Crippen molar-refractivity contribution in [2.75, 3.05) is 5.33 Å². The largest absolute Gasteiger partial charge is 0.383 e. The number of rotatable bonds is 6. The van der Waals surface area contributed by atoms with Gasteiger partial charge in [0.2, 0.25) is 0 Å². The van der Waals surface area contributed by atoms with Crippen LogP contribution in [0.2, 0.25) is 0 Å². The second kappa shape index (κ2) is 6.55. The number of amides is 1. The molecule has 1 rings (SSSR count). The van der Waals surface area contributed by atoms with Crippen molar-refractivity contribution in [3.63, 3.8) is 0 Å². The van der Waals surface area contributed by atoms with Crippen molar-refractivity contribution in [2.24, 2.45) is 0 Å². The quantitative estimate of drug-likeness (QED) is 0.619. The fourth-order valence-electron chi connectivity index (χ4n) is 1.62. The van der Waals surface area contributed by atoms with Gasteiger partial charge in [-0.05, 0) is 12.5 Å². The average molecular weight is 370 g/mol. The fraction of sp³-hybridized carbons (Fsp3) is 0.385. The molecular weight excluding hydrogens is 358 g/mol. The lowest BCUT2D eigenvalue weighted by atomic mass is 9.88. The molecule has 1 atom stereocenters. The molecule has 0 spiro atoms. The van der Waals surface area contributed by atoms with Gasteiger partial charge in [-0.25, -0.2) is 8.78 Å². The smallest absolute Gasteiger partial charge is 0.334 e. The highest BCUT2D eigenvalue weighted by atomic mass is 79.9. The Kier molecular flexibility index (Phi) is 5.49. The Balaban J connectivity index is 3.18. The summed E-state index contributed by atoms with van der Waals surface area (Å²) < 4.78 is 50.6. The van der Waals surface area contributed by atoms with E-state index in [0.29, 0.717) is 0 Å². The van der Waals surface area contributed by atoms with Crippen LogP contribution in [0.4, 0.5) is 17.6 Å². The molecule has 0 aliphatic heterocycles. The highest BCUT2D eigenvalue weighted by molar-refractivity contribution is 9.09. The van der Waals surface area contributed by atoms with Crippen molar-refractivity contribution in [2.45, 2.75) is 24.8 Å². The van der Waals surface area contributed by atoms with E-state index in [1.807, 2.05) is 0 Å². The molecule has 8 heteroatoms. The van der Waals surface area contributed by atoms with Gasteiger partial charge in [0.15, 0.2) is 5.78 Å². The molecule has 0 saturated carbocycles. The van der Waals surface area contributed by atoms with E-state index in [1.165, 1.54) is 31.2 Å². The summed E-state index contributed by atoms with van der Waals surface area (Å²) in [4.78, 5) is 23.4. The number of carbonyl (C=O) groups is 2. The number of alkyl halides is 5. The van der Waals surface area contributed by atoms with Crippen LogP contribution in [0.5, 0.6) is 0 Å². The third-order valence-electron chi connectivity index (χ3n) is 2.97. The minimum Gasteiger partial charge on any atom is -0.334 e. The minimum absolute atomic E-state index is 0.216. The lowest BCUT2D eigenvalue weighted by Crippen LogP contribution is -2.56. The molecule has 0 aliphatic carbocycles. The Hall–Kier alpha value is -1.44. The molecule has 0 fully saturated rings. The molecule has 1 unspecified atom stereocenters. The molecule has 1 aromatic carbocycles. The predicted molar refractivity (Wildman–Crippen MR) is 71.7 cm³/mol. The number of nitrogens with one attached hydrogen (secondary N) is 1. The summed E-state index contributed by atoms with van der Waals surface area (Å²) in [5.74, 6) is -7.71. The molecule has 0 aliphatic rings. The number of ketones is 1. The number of benzene rings is 1. The molecule has 0 heterocycles. The normalized spacial score (nSPS) is 14.6. The van der Waals surface area contributed by atoms with Gasteiger partial charge in [0.25, 0.3) is 5.91 Å². The first kappa shape index (κ1) is 17.6. The fourth-order valence-corrected chi connectivity index (χ4v) is 2.18. The zero-order chi connectivity index (χ0) is 16.3. The first-order valence-electron chi connectivity index (χ1n) is 5.79. The Labute approximate surface area is 126 Å². The van der Waals surface area contributed by atoms with Crippen LogP contribution in [0.3, 0.4) is 0 Å². The predicted octanol–water partition coefficient (Wildman–Crippen LogP) is 2.88. The van der Waals surface area contributed by atoms with E-state index in [9.17, 15) is 27.2 Å². The van der Waals surface area contributed by atoms with Crippen LogP contribution in [0, 0.1) is 0 Å². The van der Waals surface area contributed by atoms with Crippen LogP contribution in [-0.4, -0.2) is 29.4 Å². The molecule has 1 amide bonds. The maximum absolute atomic E-state index is 13.1. The van der Waals surface area contributed by atoms with Crippen LogP contribution in [0.25, 0.3) is 0 Å². The number of Topliss-reactive ketones (excluding diaryl/α,β-unsaturated/α-hetero) is 1. The molecule has 0 radical (unpaired) electrons. The maximum atomic E-state index is 13.1. The lowest BCUT2D eigenvalue weighted by molar-refractivity contribution is -0.172. The van der Waals surface area contributed by atoms with Crippen LogP contribution in [0.15, 0.2) is 30.3 Å². The first-order chi connectivity index (χ1) is 9.66. The summed E-state index contributed by atoms with van der Waals surface area (Å²) in [6, 6.07) is 7.56. The highest BCUT2D eigenvalue weighted by Crippen LogP contribution is 2.28. The van der Waals surface area contributed by atoms with Crippen molar-refractivity contribution in [1.82, 2.24) is 5.32 Å². The summed E-state index contributed by atoms with van der Waals surface area (Å²) >= 11 is 2.88. The molecular formula is C13H12BrF4NO2. The van der Waals surface area contributed by atoms with E-state index in [1.54, 1.807) is 11.4 Å². The second-order valence-corrected chi connectivity index (χ2v) is 4.99. The number of hydrogen-bond acceptors (Lipinski definition) is 2. The molecule has 0 saturated heterocycles. The van der Waals surface area contributed by atoms with E-state index in [-0.39, 0.29) is 10.9 Å². The molecule has 21 heavy (non-hydrogen) atoms. The molecule has 0 aromatic heterocycles. The van der Waals surface area contributed by atoms with Gasteiger partial charge >= 0.3 is 12.3 Å². The van der Waals surface area contributed by atoms with Gasteiger partial charge in [0, 0.05) is 0 Å². The van der Waals surface area contributed by atoms with Gasteiger partial charge in [0.1, 0.15) is 5.54 Å². The van der Waals surface area contributed by atoms with Crippen LogP contribution in [0.1, 0.15) is 12.5 Å². The second-order valence-electron chi connectivity index (χ2n) is 4.43. The number of hydrogen-bond donors (Lipinski definition) is 1. The van der Waals surface area contributed by atoms with Gasteiger partial charge < -0.3 is 5.32 Å². The van der Waals surface area contributed by atoms with Gasteiger partial charge in [-0.3, -0.25) is 9.59 Å². The minimum atomic E-state index is -4.87. The zero-order valence-corrected chi connectivity index (χ0v) is 12.5. The summed E-state index contributed by atoms with van der Waals surface area (Å²) in [7, 11) is 0. The van der Waals surface area contributed by atoms with Crippen molar-refractivity contribution < 1.29 is 27.2 Å². The average Bonchev–Trinajstić information content (AvgIpc) is 2.46. The summed E-state index contributed by atoms with van der Waals surface area (Å²) in [6.07, 6.45) is -4.16. The van der Waals surface area contributed by atoms with Crippen LogP contribution >= 0.6 is 15.9 Å². The third kappa shape index (κ3) is 3.61. The molecule has 3 nitrogen and oxygen atoms in total. The van der Waals surface area contributed by atoms with Gasteiger partial charge in [-0.15, -0.1) is 0 Å². The van der Waals surface area contributed by atoms with Crippen LogP contribution < -0.4 is 5.32 Å². The number of halogens is 5. The van der Waals surface area contributed by atoms with Gasteiger partial charge in [-0.2, -0.15) is 8.78 Å². The Morgan fingerprint density at radius 2 is 1.76 bits per heavy atom. The molecule has 116 valence electrons. The summed E-state index contributed by atoms with van der Waals surface area (Å²) in [5, 5.41) is 1.50. The summed E-state index contributed by atoms with van der Waals surface area (Å²) in [5.41, 5.74) is -1.62. The van der Waals surface area contributed by atoms with E-state index in [4.69, 9.17) is 0 Å². The van der Waals surface area contributed by atoms with Crippen LogP contribution in [-0.2, 0) is 15.1 Å². The monoisotopic (exact) mass is 369 g/mol. The molecule has 1 N–H and O–H groups in total. The lowest BCUT2D eigenvalue weighted by Gasteiger charge is -2.31. The standard InChI is InChI=1S/C13H12BrF4NO2/c1-12(9(20)7-14,8-5-3-2-4-6-8)19-11(21)13(17,18)10(15)16/h2-6,10H,7H2,1H3,(H,19,21). The Morgan fingerprint density at radius 1 is 1.24 bits per heavy atom. The van der Waals surface area contributed by atoms with Crippen molar-refractivity contribution in [3.8, 4) is 0 Å². The van der Waals surface area contributed by atoms with Gasteiger partial charge in [-0.1, -0.05) is 46.3 Å². The molecule has 1 aromatic rings. The summed E-state index contributed by atoms with van der Waals surface area (Å²) in [6.45, 7) is 1.19. The maximum Gasteiger partial charge on any atom is 0.383 e. The SMILES string of the molecule is CC(NC(=O)C(F)(F)C(F)F)(C(=O)CBr)c1ccccc1. The topological polar surface area (TPSA) is 46.2 Å². The number of carbonyl (C=O) groups excluding carboxylic acids is 2. The van der Waals surface area contributed by atoms with E-state index < -0.39 is 29.6 Å². The van der Waals surface area contributed by atoms with Gasteiger partial charge in [0.05, 0.1) is 5.33 Å². The van der Waals surface area contributed by atoms with E-state index >= 15 is 0 Å². The molecule has 0 bridgehead atoms. The van der Waals surface area contributed by atoms with Crippen molar-refractivity contribution in [1.29, 1.82) is 0 Å². The Bertz CT molecular complexity index is 524.